The number of H-pyrrole nitrogens is 1. The lowest BCUT2D eigenvalue weighted by Crippen LogP contribution is -2.33. The normalized spacial score (nSPS) is 19.1. The summed E-state index contributed by atoms with van der Waals surface area (Å²) in [6.07, 6.45) is 4.85. The summed E-state index contributed by atoms with van der Waals surface area (Å²) in [5.41, 5.74) is 5.82. The SMILES string of the molecule is NC(=O)c1c[nH]c(C(=O)NCCC2CCCNC2)c1. The summed E-state index contributed by atoms with van der Waals surface area (Å²) in [6, 6.07) is 1.47. The van der Waals surface area contributed by atoms with Crippen LogP contribution >= 0.6 is 0 Å². The van der Waals surface area contributed by atoms with Gasteiger partial charge in [-0.2, -0.15) is 0 Å². The molecule has 2 amide bonds. The Kier molecular flexibility index (Phi) is 4.57. The summed E-state index contributed by atoms with van der Waals surface area (Å²) in [7, 11) is 0. The molecule has 1 aromatic heterocycles. The first-order chi connectivity index (χ1) is 9.16. The number of nitrogens with one attached hydrogen (secondary N) is 3. The highest BCUT2D eigenvalue weighted by atomic mass is 16.2. The molecule has 0 aliphatic carbocycles. The Hall–Kier alpha value is -1.82. The van der Waals surface area contributed by atoms with Crippen LogP contribution in [-0.2, 0) is 0 Å². The molecule has 0 radical (unpaired) electrons. The fourth-order valence-corrected chi connectivity index (χ4v) is 2.32. The van der Waals surface area contributed by atoms with Crippen molar-refractivity contribution in [1.29, 1.82) is 0 Å². The number of piperidine rings is 1. The van der Waals surface area contributed by atoms with Crippen molar-refractivity contribution in [2.75, 3.05) is 19.6 Å². The Bertz CT molecular complexity index is 449. The molecule has 1 fully saturated rings. The van der Waals surface area contributed by atoms with Gasteiger partial charge in [0.15, 0.2) is 0 Å². The highest BCUT2D eigenvalue weighted by Gasteiger charge is 2.14. The molecule has 2 heterocycles. The molecular formula is C13H20N4O2. The van der Waals surface area contributed by atoms with E-state index in [1.807, 2.05) is 0 Å². The van der Waals surface area contributed by atoms with Crippen molar-refractivity contribution in [2.24, 2.45) is 11.7 Å². The van der Waals surface area contributed by atoms with E-state index in [0.29, 0.717) is 23.7 Å². The smallest absolute Gasteiger partial charge is 0.267 e. The van der Waals surface area contributed by atoms with Gasteiger partial charge in [-0.25, -0.2) is 0 Å². The maximum atomic E-state index is 11.8. The van der Waals surface area contributed by atoms with Crippen molar-refractivity contribution in [1.82, 2.24) is 15.6 Å². The molecule has 1 unspecified atom stereocenters. The molecule has 1 aliphatic rings. The van der Waals surface area contributed by atoms with Crippen molar-refractivity contribution in [3.63, 3.8) is 0 Å². The van der Waals surface area contributed by atoms with Gasteiger partial charge in [0.25, 0.3) is 5.91 Å². The Morgan fingerprint density at radius 2 is 2.32 bits per heavy atom. The number of hydrogen-bond donors (Lipinski definition) is 4. The lowest BCUT2D eigenvalue weighted by molar-refractivity contribution is 0.0946. The second kappa shape index (κ2) is 6.38. The first kappa shape index (κ1) is 13.6. The first-order valence-corrected chi connectivity index (χ1v) is 6.64. The van der Waals surface area contributed by atoms with Gasteiger partial charge in [-0.15, -0.1) is 0 Å². The van der Waals surface area contributed by atoms with Gasteiger partial charge in [0.05, 0.1) is 5.56 Å². The fraction of sp³-hybridized carbons (Fsp3) is 0.538. The summed E-state index contributed by atoms with van der Waals surface area (Å²) in [5, 5.41) is 6.20. The average Bonchev–Trinajstić information content (AvgIpc) is 2.89. The van der Waals surface area contributed by atoms with Crippen molar-refractivity contribution >= 4 is 11.8 Å². The zero-order valence-corrected chi connectivity index (χ0v) is 10.9. The molecule has 1 atom stereocenters. The van der Waals surface area contributed by atoms with Gasteiger partial charge in [0.2, 0.25) is 5.91 Å². The van der Waals surface area contributed by atoms with E-state index in [2.05, 4.69) is 15.6 Å². The second-order valence-corrected chi connectivity index (χ2v) is 4.92. The topological polar surface area (TPSA) is 100 Å². The third-order valence-electron chi connectivity index (χ3n) is 3.45. The van der Waals surface area contributed by atoms with E-state index < -0.39 is 5.91 Å². The van der Waals surface area contributed by atoms with Crippen molar-refractivity contribution in [2.45, 2.75) is 19.3 Å². The van der Waals surface area contributed by atoms with Gasteiger partial charge in [-0.05, 0) is 44.3 Å². The zero-order valence-electron chi connectivity index (χ0n) is 10.9. The third-order valence-corrected chi connectivity index (χ3v) is 3.45. The van der Waals surface area contributed by atoms with E-state index >= 15 is 0 Å². The second-order valence-electron chi connectivity index (χ2n) is 4.92. The zero-order chi connectivity index (χ0) is 13.7. The van der Waals surface area contributed by atoms with Gasteiger partial charge in [-0.3, -0.25) is 9.59 Å². The van der Waals surface area contributed by atoms with Crippen molar-refractivity contribution < 1.29 is 9.59 Å². The quantitative estimate of drug-likeness (QED) is 0.612. The number of rotatable bonds is 5. The summed E-state index contributed by atoms with van der Waals surface area (Å²) >= 11 is 0. The van der Waals surface area contributed by atoms with Gasteiger partial charge in [-0.1, -0.05) is 0 Å². The Labute approximate surface area is 112 Å². The first-order valence-electron chi connectivity index (χ1n) is 6.64. The van der Waals surface area contributed by atoms with Crippen LogP contribution in [-0.4, -0.2) is 36.4 Å². The molecule has 1 aromatic rings. The van der Waals surface area contributed by atoms with E-state index in [1.54, 1.807) is 0 Å². The maximum Gasteiger partial charge on any atom is 0.267 e. The number of primary amides is 1. The number of aromatic amines is 1. The van der Waals surface area contributed by atoms with Gasteiger partial charge >= 0.3 is 0 Å². The molecule has 2 rings (SSSR count). The van der Waals surface area contributed by atoms with Crippen LogP contribution in [0.4, 0.5) is 0 Å². The van der Waals surface area contributed by atoms with Crippen LogP contribution in [0, 0.1) is 5.92 Å². The van der Waals surface area contributed by atoms with Crippen LogP contribution in [0.2, 0.25) is 0 Å². The van der Waals surface area contributed by atoms with Gasteiger partial charge in [0.1, 0.15) is 5.69 Å². The summed E-state index contributed by atoms with van der Waals surface area (Å²) < 4.78 is 0. The van der Waals surface area contributed by atoms with Gasteiger partial charge in [0, 0.05) is 12.7 Å². The number of carbonyl (C=O) groups excluding carboxylic acids is 2. The third kappa shape index (κ3) is 3.82. The molecule has 6 nitrogen and oxygen atoms in total. The standard InChI is InChI=1S/C13H20N4O2/c14-12(18)10-6-11(17-8-10)13(19)16-5-3-9-2-1-4-15-7-9/h6,8-9,15,17H,1-5,7H2,(H2,14,18)(H,16,19). The lowest BCUT2D eigenvalue weighted by Gasteiger charge is -2.22. The number of amides is 2. The minimum Gasteiger partial charge on any atom is -0.366 e. The molecule has 19 heavy (non-hydrogen) atoms. The molecule has 0 spiro atoms. The molecule has 5 N–H and O–H groups in total. The van der Waals surface area contributed by atoms with Crippen LogP contribution in [0.1, 0.15) is 40.1 Å². The van der Waals surface area contributed by atoms with Gasteiger partial charge < -0.3 is 21.4 Å². The van der Waals surface area contributed by atoms with Crippen molar-refractivity contribution in [3.8, 4) is 0 Å². The van der Waals surface area contributed by atoms with Crippen LogP contribution in [0.15, 0.2) is 12.3 Å². The van der Waals surface area contributed by atoms with Crippen molar-refractivity contribution in [3.05, 3.63) is 23.5 Å². The van der Waals surface area contributed by atoms with Crippen LogP contribution in [0.3, 0.4) is 0 Å². The molecule has 0 aromatic carbocycles. The molecule has 1 saturated heterocycles. The lowest BCUT2D eigenvalue weighted by atomic mass is 9.96. The average molecular weight is 264 g/mol. The van der Waals surface area contributed by atoms with E-state index in [0.717, 1.165) is 19.5 Å². The van der Waals surface area contributed by atoms with E-state index in [9.17, 15) is 9.59 Å². The van der Waals surface area contributed by atoms with Crippen LogP contribution in [0.5, 0.6) is 0 Å². The molecule has 1 aliphatic heterocycles. The van der Waals surface area contributed by atoms with Crippen LogP contribution < -0.4 is 16.4 Å². The number of carbonyl (C=O) groups is 2. The Balaban J connectivity index is 1.75. The summed E-state index contributed by atoms with van der Waals surface area (Å²) in [5.74, 6) is -0.0984. The summed E-state index contributed by atoms with van der Waals surface area (Å²) in [4.78, 5) is 25.5. The fourth-order valence-electron chi connectivity index (χ4n) is 2.32. The Morgan fingerprint density at radius 1 is 1.47 bits per heavy atom. The maximum absolute atomic E-state index is 11.8. The summed E-state index contributed by atoms with van der Waals surface area (Å²) in [6.45, 7) is 2.78. The largest absolute Gasteiger partial charge is 0.366 e. The predicted molar refractivity (Wildman–Crippen MR) is 71.9 cm³/mol. The van der Waals surface area contributed by atoms with E-state index in [-0.39, 0.29) is 5.91 Å². The minimum absolute atomic E-state index is 0.198. The molecule has 0 bridgehead atoms. The predicted octanol–water partition coefficient (Wildman–Crippen LogP) is 0.233. The minimum atomic E-state index is -0.538. The number of aromatic nitrogens is 1. The Morgan fingerprint density at radius 3 is 2.95 bits per heavy atom. The van der Waals surface area contributed by atoms with Crippen LogP contribution in [0.25, 0.3) is 0 Å². The van der Waals surface area contributed by atoms with E-state index in [4.69, 9.17) is 5.73 Å². The van der Waals surface area contributed by atoms with E-state index in [1.165, 1.54) is 25.1 Å². The molecule has 6 heteroatoms. The molecule has 104 valence electrons. The molecular weight excluding hydrogens is 244 g/mol. The monoisotopic (exact) mass is 264 g/mol. The molecule has 0 saturated carbocycles. The number of nitrogens with two attached hydrogens (primary N) is 1. The highest BCUT2D eigenvalue weighted by molar-refractivity contribution is 5.98. The highest BCUT2D eigenvalue weighted by Crippen LogP contribution is 2.13. The number of hydrogen-bond acceptors (Lipinski definition) is 3.